The van der Waals surface area contributed by atoms with Crippen molar-refractivity contribution < 1.29 is 27.9 Å². The van der Waals surface area contributed by atoms with Crippen LogP contribution in [0.15, 0.2) is 36.4 Å². The Morgan fingerprint density at radius 1 is 1.14 bits per heavy atom. The Morgan fingerprint density at radius 2 is 1.86 bits per heavy atom. The van der Waals surface area contributed by atoms with Gasteiger partial charge in [0, 0.05) is 12.1 Å². The number of ether oxygens (including phenoxy) is 1. The van der Waals surface area contributed by atoms with Gasteiger partial charge in [0.05, 0.1) is 4.92 Å². The normalized spacial score (nSPS) is 12.0. The van der Waals surface area contributed by atoms with Crippen molar-refractivity contribution in [3.05, 3.63) is 69.5 Å². The second-order valence-electron chi connectivity index (χ2n) is 4.37. The third kappa shape index (κ3) is 3.53. The van der Waals surface area contributed by atoms with Gasteiger partial charge in [-0.2, -0.15) is 0 Å². The maximum Gasteiger partial charge on any atom is 0.311 e. The molecule has 0 bridgehead atoms. The van der Waals surface area contributed by atoms with Gasteiger partial charge in [0.2, 0.25) is 0 Å². The van der Waals surface area contributed by atoms with Gasteiger partial charge in [0.15, 0.2) is 17.4 Å². The van der Waals surface area contributed by atoms with Crippen LogP contribution < -0.4 is 4.74 Å². The molecule has 2 aromatic rings. The van der Waals surface area contributed by atoms with Gasteiger partial charge in [-0.1, -0.05) is 6.07 Å². The number of nitrogens with zero attached hydrogens (tertiary/aromatic N) is 1. The molecule has 0 saturated carbocycles. The van der Waals surface area contributed by atoms with Gasteiger partial charge < -0.3 is 9.84 Å². The van der Waals surface area contributed by atoms with Crippen molar-refractivity contribution in [3.8, 4) is 5.75 Å². The zero-order chi connectivity index (χ0) is 16.3. The Kier molecular flexibility index (Phi) is 4.62. The summed E-state index contributed by atoms with van der Waals surface area (Å²) < 4.78 is 44.0. The predicted molar refractivity (Wildman–Crippen MR) is 69.9 cm³/mol. The SMILES string of the molecule is O=[N+]([O-])c1ccc(F)cc1OCC(O)c1ccc(F)c(F)c1. The topological polar surface area (TPSA) is 72.6 Å². The minimum atomic E-state index is -1.36. The molecule has 0 amide bonds. The van der Waals surface area contributed by atoms with Crippen molar-refractivity contribution in [2.75, 3.05) is 6.61 Å². The lowest BCUT2D eigenvalue weighted by Crippen LogP contribution is -2.11. The predicted octanol–water partition coefficient (Wildman–Crippen LogP) is 3.12. The number of hydrogen-bond donors (Lipinski definition) is 1. The Morgan fingerprint density at radius 3 is 2.50 bits per heavy atom. The zero-order valence-corrected chi connectivity index (χ0v) is 11.0. The molecule has 5 nitrogen and oxygen atoms in total. The second kappa shape index (κ2) is 6.44. The molecule has 0 saturated heterocycles. The van der Waals surface area contributed by atoms with Crippen molar-refractivity contribution in [2.45, 2.75) is 6.10 Å². The van der Waals surface area contributed by atoms with Gasteiger partial charge >= 0.3 is 5.69 Å². The highest BCUT2D eigenvalue weighted by Gasteiger charge is 2.18. The molecule has 1 unspecified atom stereocenters. The fraction of sp³-hybridized carbons (Fsp3) is 0.143. The van der Waals surface area contributed by atoms with Gasteiger partial charge in [-0.25, -0.2) is 13.2 Å². The highest BCUT2D eigenvalue weighted by molar-refractivity contribution is 5.46. The van der Waals surface area contributed by atoms with E-state index in [0.29, 0.717) is 0 Å². The molecule has 1 atom stereocenters. The summed E-state index contributed by atoms with van der Waals surface area (Å²) in [6.07, 6.45) is -1.36. The van der Waals surface area contributed by atoms with Crippen LogP contribution in [-0.2, 0) is 0 Å². The third-order valence-electron chi connectivity index (χ3n) is 2.84. The number of aliphatic hydroxyl groups is 1. The molecular formula is C14H10F3NO4. The molecule has 0 aliphatic carbocycles. The van der Waals surface area contributed by atoms with Crippen molar-refractivity contribution in [2.24, 2.45) is 0 Å². The van der Waals surface area contributed by atoms with E-state index in [1.165, 1.54) is 0 Å². The summed E-state index contributed by atoms with van der Waals surface area (Å²) in [4.78, 5) is 10.0. The fourth-order valence-electron chi connectivity index (χ4n) is 1.74. The van der Waals surface area contributed by atoms with Crippen molar-refractivity contribution in [1.29, 1.82) is 0 Å². The van der Waals surface area contributed by atoms with E-state index in [2.05, 4.69) is 0 Å². The highest BCUT2D eigenvalue weighted by atomic mass is 19.2. The van der Waals surface area contributed by atoms with E-state index >= 15 is 0 Å². The minimum absolute atomic E-state index is 0.0259. The van der Waals surface area contributed by atoms with Crippen LogP contribution in [0.4, 0.5) is 18.9 Å². The molecule has 0 heterocycles. The fourth-order valence-corrected chi connectivity index (χ4v) is 1.74. The first kappa shape index (κ1) is 15.8. The lowest BCUT2D eigenvalue weighted by atomic mass is 10.1. The van der Waals surface area contributed by atoms with E-state index < -0.39 is 40.8 Å². The number of rotatable bonds is 5. The number of benzene rings is 2. The molecule has 0 aliphatic heterocycles. The lowest BCUT2D eigenvalue weighted by molar-refractivity contribution is -0.386. The molecule has 2 aromatic carbocycles. The van der Waals surface area contributed by atoms with Crippen LogP contribution in [0.3, 0.4) is 0 Å². The van der Waals surface area contributed by atoms with Gasteiger partial charge in [0.1, 0.15) is 18.5 Å². The van der Waals surface area contributed by atoms with Crippen molar-refractivity contribution in [1.82, 2.24) is 0 Å². The summed E-state index contributed by atoms with van der Waals surface area (Å²) in [6.45, 7) is -0.491. The Bertz CT molecular complexity index is 708. The Balaban J connectivity index is 2.14. The van der Waals surface area contributed by atoms with E-state index in [9.17, 15) is 28.4 Å². The molecule has 116 valence electrons. The largest absolute Gasteiger partial charge is 0.484 e. The molecule has 0 radical (unpaired) electrons. The summed E-state index contributed by atoms with van der Waals surface area (Å²) >= 11 is 0. The van der Waals surface area contributed by atoms with Crippen LogP contribution in [0, 0.1) is 27.6 Å². The molecule has 1 N–H and O–H groups in total. The number of halogens is 3. The average Bonchev–Trinajstić information content (AvgIpc) is 2.47. The molecule has 2 rings (SSSR count). The number of aliphatic hydroxyl groups excluding tert-OH is 1. The summed E-state index contributed by atoms with van der Waals surface area (Å²) in [6, 6.07) is 5.38. The maximum absolute atomic E-state index is 13.1. The average molecular weight is 313 g/mol. The van der Waals surface area contributed by atoms with Crippen LogP contribution in [-0.4, -0.2) is 16.6 Å². The highest BCUT2D eigenvalue weighted by Crippen LogP contribution is 2.28. The van der Waals surface area contributed by atoms with Crippen LogP contribution in [0.5, 0.6) is 5.75 Å². The quantitative estimate of drug-likeness (QED) is 0.680. The Labute approximate surface area is 122 Å². The zero-order valence-electron chi connectivity index (χ0n) is 11.0. The molecule has 0 spiro atoms. The lowest BCUT2D eigenvalue weighted by Gasteiger charge is -2.13. The molecule has 22 heavy (non-hydrogen) atoms. The molecule has 8 heteroatoms. The minimum Gasteiger partial charge on any atom is -0.484 e. The van der Waals surface area contributed by atoms with E-state index in [0.717, 1.165) is 36.4 Å². The second-order valence-corrected chi connectivity index (χ2v) is 4.37. The van der Waals surface area contributed by atoms with E-state index in [-0.39, 0.29) is 11.3 Å². The summed E-state index contributed by atoms with van der Waals surface area (Å²) in [5, 5.41) is 20.6. The molecular weight excluding hydrogens is 303 g/mol. The first-order valence-electron chi connectivity index (χ1n) is 6.08. The standard InChI is InChI=1S/C14H10F3NO4/c15-9-2-4-12(18(20)21)14(6-9)22-7-13(19)8-1-3-10(16)11(17)5-8/h1-6,13,19H,7H2. The van der Waals surface area contributed by atoms with E-state index in [1.807, 2.05) is 0 Å². The monoisotopic (exact) mass is 313 g/mol. The molecule has 0 fully saturated rings. The Hall–Kier alpha value is -2.61. The first-order chi connectivity index (χ1) is 10.4. The van der Waals surface area contributed by atoms with Crippen LogP contribution in [0.25, 0.3) is 0 Å². The number of hydrogen-bond acceptors (Lipinski definition) is 4. The summed E-state index contributed by atoms with van der Waals surface area (Å²) in [5.74, 6) is -3.33. The van der Waals surface area contributed by atoms with E-state index in [1.54, 1.807) is 0 Å². The maximum atomic E-state index is 13.1. The smallest absolute Gasteiger partial charge is 0.311 e. The van der Waals surface area contributed by atoms with Gasteiger partial charge in [0.25, 0.3) is 0 Å². The van der Waals surface area contributed by atoms with Gasteiger partial charge in [-0.15, -0.1) is 0 Å². The van der Waals surface area contributed by atoms with Crippen LogP contribution in [0.1, 0.15) is 11.7 Å². The number of nitro groups is 1. The van der Waals surface area contributed by atoms with Crippen LogP contribution in [0.2, 0.25) is 0 Å². The summed E-state index contributed by atoms with van der Waals surface area (Å²) in [7, 11) is 0. The molecule has 0 aromatic heterocycles. The van der Waals surface area contributed by atoms with E-state index in [4.69, 9.17) is 4.74 Å². The molecule has 0 aliphatic rings. The van der Waals surface area contributed by atoms with Gasteiger partial charge in [-0.05, 0) is 23.8 Å². The number of nitro benzene ring substituents is 1. The first-order valence-corrected chi connectivity index (χ1v) is 6.08. The summed E-state index contributed by atoms with van der Waals surface area (Å²) in [5.41, 5.74) is -0.447. The third-order valence-corrected chi connectivity index (χ3v) is 2.84. The van der Waals surface area contributed by atoms with Gasteiger partial charge in [-0.3, -0.25) is 10.1 Å². The van der Waals surface area contributed by atoms with Crippen LogP contribution >= 0.6 is 0 Å². The van der Waals surface area contributed by atoms with Crippen molar-refractivity contribution in [3.63, 3.8) is 0 Å². The van der Waals surface area contributed by atoms with Crippen molar-refractivity contribution >= 4 is 5.69 Å².